The zero-order valence-corrected chi connectivity index (χ0v) is 17.1. The van der Waals surface area contributed by atoms with Gasteiger partial charge in [-0.15, -0.1) is 0 Å². The van der Waals surface area contributed by atoms with Crippen LogP contribution in [0.5, 0.6) is 0 Å². The number of likely N-dealkylation sites (N-methyl/N-ethyl adjacent to an activating group) is 1. The summed E-state index contributed by atoms with van der Waals surface area (Å²) < 4.78 is 0. The van der Waals surface area contributed by atoms with Crippen molar-refractivity contribution >= 4 is 35.3 Å². The van der Waals surface area contributed by atoms with Crippen LogP contribution in [0.2, 0.25) is 0 Å². The number of hydrogen-bond acceptors (Lipinski definition) is 6. The number of benzene rings is 1. The summed E-state index contributed by atoms with van der Waals surface area (Å²) in [5.41, 5.74) is 3.46. The first kappa shape index (κ1) is 21.4. The maximum atomic E-state index is 12.5. The normalized spacial score (nSPS) is 11.2. The van der Waals surface area contributed by atoms with E-state index in [2.05, 4.69) is 31.2 Å². The SMILES string of the molecule is CNC(=O)[C@@H](NC(=O)Nc1cc(C=N)c(Nc2ccnc(C)c2)cn1)c1ccccc1. The summed E-state index contributed by atoms with van der Waals surface area (Å²) in [7, 11) is 1.51. The Balaban J connectivity index is 1.73. The largest absolute Gasteiger partial charge is 0.357 e. The molecule has 0 aliphatic heterocycles. The summed E-state index contributed by atoms with van der Waals surface area (Å²) in [6.07, 6.45) is 4.38. The summed E-state index contributed by atoms with van der Waals surface area (Å²) in [4.78, 5) is 33.1. The van der Waals surface area contributed by atoms with E-state index in [1.54, 1.807) is 36.5 Å². The number of aromatic nitrogens is 2. The van der Waals surface area contributed by atoms with Crippen molar-refractivity contribution in [2.24, 2.45) is 0 Å². The predicted octanol–water partition coefficient (Wildman–Crippen LogP) is 3.14. The molecule has 2 aromatic heterocycles. The van der Waals surface area contributed by atoms with Crippen LogP contribution < -0.4 is 21.3 Å². The lowest BCUT2D eigenvalue weighted by Gasteiger charge is -2.18. The number of nitrogens with zero attached hydrogens (tertiary/aromatic N) is 2. The topological polar surface area (TPSA) is 132 Å². The molecule has 0 saturated heterocycles. The van der Waals surface area contributed by atoms with Crippen LogP contribution in [0.15, 0.2) is 60.9 Å². The van der Waals surface area contributed by atoms with Crippen LogP contribution in [0, 0.1) is 12.3 Å². The minimum atomic E-state index is -0.857. The van der Waals surface area contributed by atoms with Crippen LogP contribution >= 0.6 is 0 Å². The zero-order valence-electron chi connectivity index (χ0n) is 17.1. The van der Waals surface area contributed by atoms with Crippen molar-refractivity contribution in [3.63, 3.8) is 0 Å². The van der Waals surface area contributed by atoms with Crippen LogP contribution in [0.3, 0.4) is 0 Å². The van der Waals surface area contributed by atoms with Crippen LogP contribution in [0.4, 0.5) is 22.0 Å². The molecule has 3 aromatic rings. The quantitative estimate of drug-likeness (QED) is 0.377. The van der Waals surface area contributed by atoms with E-state index in [0.717, 1.165) is 11.4 Å². The van der Waals surface area contributed by atoms with E-state index in [0.29, 0.717) is 16.8 Å². The fourth-order valence-electron chi connectivity index (χ4n) is 2.92. The molecule has 0 fully saturated rings. The maximum Gasteiger partial charge on any atom is 0.321 e. The number of aryl methyl sites for hydroxylation is 1. The third kappa shape index (κ3) is 5.63. The number of urea groups is 1. The first-order valence-corrected chi connectivity index (χ1v) is 9.54. The molecule has 0 spiro atoms. The molecule has 158 valence electrons. The first-order valence-electron chi connectivity index (χ1n) is 9.54. The number of anilines is 3. The van der Waals surface area contributed by atoms with Crippen molar-refractivity contribution in [2.75, 3.05) is 17.7 Å². The molecule has 31 heavy (non-hydrogen) atoms. The average molecular weight is 417 g/mol. The van der Waals surface area contributed by atoms with Gasteiger partial charge in [-0.2, -0.15) is 0 Å². The summed E-state index contributed by atoms with van der Waals surface area (Å²) in [5.74, 6) is -0.0992. The molecule has 9 nitrogen and oxygen atoms in total. The number of nitrogens with one attached hydrogen (secondary N) is 5. The molecule has 0 saturated carbocycles. The van der Waals surface area contributed by atoms with Gasteiger partial charge in [0.15, 0.2) is 0 Å². The van der Waals surface area contributed by atoms with Crippen molar-refractivity contribution in [1.82, 2.24) is 20.6 Å². The second-order valence-electron chi connectivity index (χ2n) is 6.67. The van der Waals surface area contributed by atoms with Gasteiger partial charge in [0.2, 0.25) is 5.91 Å². The third-order valence-corrected chi connectivity index (χ3v) is 4.43. The zero-order chi connectivity index (χ0) is 22.2. The fourth-order valence-corrected chi connectivity index (χ4v) is 2.92. The van der Waals surface area contributed by atoms with Gasteiger partial charge in [-0.05, 0) is 30.7 Å². The van der Waals surface area contributed by atoms with Gasteiger partial charge in [-0.3, -0.25) is 15.1 Å². The summed E-state index contributed by atoms with van der Waals surface area (Å²) in [6.45, 7) is 1.88. The molecule has 1 aromatic carbocycles. The number of rotatable bonds is 7. The molecule has 2 heterocycles. The minimum Gasteiger partial charge on any atom is -0.357 e. The Morgan fingerprint density at radius 3 is 2.55 bits per heavy atom. The predicted molar refractivity (Wildman–Crippen MR) is 120 cm³/mol. The molecule has 0 unspecified atom stereocenters. The fraction of sp³-hybridized carbons (Fsp3) is 0.136. The van der Waals surface area contributed by atoms with Crippen molar-refractivity contribution in [3.8, 4) is 0 Å². The molecule has 9 heteroatoms. The highest BCUT2D eigenvalue weighted by Gasteiger charge is 2.21. The highest BCUT2D eigenvalue weighted by atomic mass is 16.2. The highest BCUT2D eigenvalue weighted by molar-refractivity contribution is 5.95. The van der Waals surface area contributed by atoms with Crippen molar-refractivity contribution < 1.29 is 9.59 Å². The standard InChI is InChI=1S/C22H23N7O2/c1-14-10-17(8-9-25-14)27-18-13-26-19(11-16(18)12-23)28-22(31)29-20(21(30)24-2)15-6-4-3-5-7-15/h3-13,20,23H,1-2H3,(H,24,30)(H,25,27)(H2,26,28,29,31)/t20-/m0/s1. The number of carbonyl (C=O) groups excluding carboxylic acids is 2. The van der Waals surface area contributed by atoms with Gasteiger partial charge < -0.3 is 21.4 Å². The van der Waals surface area contributed by atoms with E-state index in [4.69, 9.17) is 5.41 Å². The summed E-state index contributed by atoms with van der Waals surface area (Å²) in [5, 5.41) is 18.7. The van der Waals surface area contributed by atoms with Crippen molar-refractivity contribution in [3.05, 3.63) is 77.7 Å². The second kappa shape index (κ2) is 9.97. The molecule has 0 aliphatic carbocycles. The van der Waals surface area contributed by atoms with Gasteiger partial charge in [0.05, 0.1) is 11.9 Å². The summed E-state index contributed by atoms with van der Waals surface area (Å²) in [6, 6.07) is 12.7. The molecule has 1 atom stereocenters. The van der Waals surface area contributed by atoms with Crippen LogP contribution in [-0.4, -0.2) is 35.2 Å². The van der Waals surface area contributed by atoms with E-state index < -0.39 is 12.1 Å². The Labute approximate surface area is 179 Å². The van der Waals surface area contributed by atoms with Crippen molar-refractivity contribution in [2.45, 2.75) is 13.0 Å². The lowest BCUT2D eigenvalue weighted by molar-refractivity contribution is -0.122. The second-order valence-corrected chi connectivity index (χ2v) is 6.67. The Morgan fingerprint density at radius 2 is 1.87 bits per heavy atom. The van der Waals surface area contributed by atoms with E-state index in [9.17, 15) is 9.59 Å². The molecule has 0 bridgehead atoms. The maximum absolute atomic E-state index is 12.5. The van der Waals surface area contributed by atoms with Gasteiger partial charge in [0.1, 0.15) is 11.9 Å². The molecule has 0 radical (unpaired) electrons. The number of carbonyl (C=O) groups is 2. The number of hydrogen-bond donors (Lipinski definition) is 5. The van der Waals surface area contributed by atoms with E-state index in [-0.39, 0.29) is 11.7 Å². The smallest absolute Gasteiger partial charge is 0.321 e. The Morgan fingerprint density at radius 1 is 1.10 bits per heavy atom. The first-order chi connectivity index (χ1) is 15.0. The molecular weight excluding hydrogens is 394 g/mol. The average Bonchev–Trinajstić information content (AvgIpc) is 2.78. The third-order valence-electron chi connectivity index (χ3n) is 4.43. The molecule has 5 N–H and O–H groups in total. The Kier molecular flexibility index (Phi) is 6.89. The van der Waals surface area contributed by atoms with Gasteiger partial charge in [-0.25, -0.2) is 9.78 Å². The van der Waals surface area contributed by atoms with Crippen LogP contribution in [0.25, 0.3) is 0 Å². The monoisotopic (exact) mass is 417 g/mol. The number of pyridine rings is 2. The van der Waals surface area contributed by atoms with Gasteiger partial charge in [0.25, 0.3) is 0 Å². The van der Waals surface area contributed by atoms with E-state index in [1.165, 1.54) is 19.5 Å². The lowest BCUT2D eigenvalue weighted by atomic mass is 10.1. The minimum absolute atomic E-state index is 0.246. The lowest BCUT2D eigenvalue weighted by Crippen LogP contribution is -2.41. The molecule has 3 amide bonds. The van der Waals surface area contributed by atoms with E-state index in [1.807, 2.05) is 25.1 Å². The van der Waals surface area contributed by atoms with Crippen LogP contribution in [0.1, 0.15) is 22.9 Å². The van der Waals surface area contributed by atoms with Crippen LogP contribution in [-0.2, 0) is 4.79 Å². The van der Waals surface area contributed by atoms with Gasteiger partial charge >= 0.3 is 6.03 Å². The van der Waals surface area contributed by atoms with Gasteiger partial charge in [0, 0.05) is 36.4 Å². The molecular formula is C22H23N7O2. The molecule has 0 aliphatic rings. The molecule has 3 rings (SSSR count). The van der Waals surface area contributed by atoms with Crippen molar-refractivity contribution in [1.29, 1.82) is 5.41 Å². The highest BCUT2D eigenvalue weighted by Crippen LogP contribution is 2.21. The van der Waals surface area contributed by atoms with Gasteiger partial charge in [-0.1, -0.05) is 30.3 Å². The number of amides is 3. The summed E-state index contributed by atoms with van der Waals surface area (Å²) >= 11 is 0. The Hall–Kier alpha value is -4.27. The van der Waals surface area contributed by atoms with E-state index >= 15 is 0 Å². The Bertz CT molecular complexity index is 1090.